The molecule has 4 heteroatoms. The summed E-state index contributed by atoms with van der Waals surface area (Å²) in [6, 6.07) is 14.1. The molecule has 132 valence electrons. The number of hydrogen-bond donors (Lipinski definition) is 1. The van der Waals surface area contributed by atoms with Crippen LogP contribution in [0.1, 0.15) is 36.7 Å². The zero-order valence-electron chi connectivity index (χ0n) is 15.4. The lowest BCUT2D eigenvalue weighted by molar-refractivity contribution is 0.0922. The Morgan fingerprint density at radius 3 is 2.60 bits per heavy atom. The Labute approximate surface area is 149 Å². The van der Waals surface area contributed by atoms with Crippen molar-refractivity contribution < 1.29 is 9.84 Å². The number of aliphatic hydroxyl groups is 1. The Balaban J connectivity index is 1.75. The maximum Gasteiger partial charge on any atom is 0.122 e. The van der Waals surface area contributed by atoms with Crippen molar-refractivity contribution in [3.05, 3.63) is 59.4 Å². The Bertz CT molecular complexity index is 867. The van der Waals surface area contributed by atoms with Crippen LogP contribution in [0.25, 0.3) is 11.0 Å². The van der Waals surface area contributed by atoms with Crippen molar-refractivity contribution in [1.29, 1.82) is 0 Å². The van der Waals surface area contributed by atoms with Gasteiger partial charge >= 0.3 is 0 Å². The summed E-state index contributed by atoms with van der Waals surface area (Å²) in [5, 5.41) is 10.5. The van der Waals surface area contributed by atoms with Crippen LogP contribution in [0.3, 0.4) is 0 Å². The molecule has 0 bridgehead atoms. The fraction of sp³-hybridized carbons (Fsp3) is 0.381. The van der Waals surface area contributed by atoms with Crippen molar-refractivity contribution >= 4 is 11.0 Å². The van der Waals surface area contributed by atoms with Gasteiger partial charge in [-0.05, 0) is 37.6 Å². The van der Waals surface area contributed by atoms with Gasteiger partial charge in [-0.3, -0.25) is 0 Å². The van der Waals surface area contributed by atoms with Crippen molar-refractivity contribution in [1.82, 2.24) is 9.55 Å². The third-order valence-electron chi connectivity index (χ3n) is 4.36. The van der Waals surface area contributed by atoms with Gasteiger partial charge in [-0.2, -0.15) is 0 Å². The predicted molar refractivity (Wildman–Crippen MR) is 101 cm³/mol. The maximum atomic E-state index is 10.5. The van der Waals surface area contributed by atoms with E-state index in [1.54, 1.807) is 0 Å². The molecular formula is C21H26N2O2. The summed E-state index contributed by atoms with van der Waals surface area (Å²) >= 11 is 0. The molecule has 4 nitrogen and oxygen atoms in total. The SMILES string of the molecule is Cc1ccc(OC[C@H](O)Cn2c(C(C)C)nc3ccccc32)c(C)c1. The molecule has 1 aromatic heterocycles. The van der Waals surface area contributed by atoms with Gasteiger partial charge in [0.25, 0.3) is 0 Å². The van der Waals surface area contributed by atoms with E-state index in [2.05, 4.69) is 31.4 Å². The first-order valence-corrected chi connectivity index (χ1v) is 8.79. The molecule has 1 atom stereocenters. The average Bonchev–Trinajstić information content (AvgIpc) is 2.93. The highest BCUT2D eigenvalue weighted by molar-refractivity contribution is 5.76. The molecule has 3 rings (SSSR count). The van der Waals surface area contributed by atoms with Crippen LogP contribution in [-0.4, -0.2) is 27.4 Å². The lowest BCUT2D eigenvalue weighted by atomic mass is 10.1. The quantitative estimate of drug-likeness (QED) is 0.732. The lowest BCUT2D eigenvalue weighted by Crippen LogP contribution is -2.25. The Hall–Kier alpha value is -2.33. The topological polar surface area (TPSA) is 47.3 Å². The van der Waals surface area contributed by atoms with Crippen molar-refractivity contribution in [2.24, 2.45) is 0 Å². The normalized spacial score (nSPS) is 12.7. The van der Waals surface area contributed by atoms with Crippen LogP contribution in [0.15, 0.2) is 42.5 Å². The lowest BCUT2D eigenvalue weighted by Gasteiger charge is -2.17. The molecule has 0 aliphatic heterocycles. The van der Waals surface area contributed by atoms with Crippen LogP contribution in [0.5, 0.6) is 5.75 Å². The highest BCUT2D eigenvalue weighted by Crippen LogP contribution is 2.23. The molecule has 1 heterocycles. The van der Waals surface area contributed by atoms with E-state index in [4.69, 9.17) is 9.72 Å². The minimum Gasteiger partial charge on any atom is -0.491 e. The van der Waals surface area contributed by atoms with Gasteiger partial charge in [0.05, 0.1) is 17.6 Å². The van der Waals surface area contributed by atoms with Crippen molar-refractivity contribution in [2.45, 2.75) is 46.3 Å². The van der Waals surface area contributed by atoms with Crippen LogP contribution in [0.4, 0.5) is 0 Å². The molecular weight excluding hydrogens is 312 g/mol. The monoisotopic (exact) mass is 338 g/mol. The van der Waals surface area contributed by atoms with E-state index in [0.717, 1.165) is 28.2 Å². The molecule has 0 aliphatic rings. The number of benzene rings is 2. The van der Waals surface area contributed by atoms with Gasteiger partial charge in [0.1, 0.15) is 24.3 Å². The Morgan fingerprint density at radius 2 is 1.88 bits per heavy atom. The smallest absolute Gasteiger partial charge is 0.122 e. The molecule has 2 aromatic carbocycles. The number of hydrogen-bond acceptors (Lipinski definition) is 3. The summed E-state index contributed by atoms with van der Waals surface area (Å²) in [5.41, 5.74) is 4.31. The number of aryl methyl sites for hydroxylation is 2. The highest BCUT2D eigenvalue weighted by Gasteiger charge is 2.17. The fourth-order valence-electron chi connectivity index (χ4n) is 3.14. The zero-order valence-corrected chi connectivity index (χ0v) is 15.4. The molecule has 0 aliphatic carbocycles. The number of para-hydroxylation sites is 2. The maximum absolute atomic E-state index is 10.5. The van der Waals surface area contributed by atoms with Crippen LogP contribution in [0.2, 0.25) is 0 Å². The predicted octanol–water partition coefficient (Wildman–Crippen LogP) is 4.22. The van der Waals surface area contributed by atoms with E-state index in [0.29, 0.717) is 12.5 Å². The third kappa shape index (κ3) is 3.85. The molecule has 0 spiro atoms. The number of ether oxygens (including phenoxy) is 1. The summed E-state index contributed by atoms with van der Waals surface area (Å²) in [6.45, 7) is 9.05. The van der Waals surface area contributed by atoms with Gasteiger partial charge in [-0.15, -0.1) is 0 Å². The minimum absolute atomic E-state index is 0.258. The molecule has 1 N–H and O–H groups in total. The van der Waals surface area contributed by atoms with Crippen LogP contribution in [-0.2, 0) is 6.54 Å². The molecule has 0 radical (unpaired) electrons. The number of imidazole rings is 1. The third-order valence-corrected chi connectivity index (χ3v) is 4.36. The molecule has 0 fully saturated rings. The molecule has 0 saturated heterocycles. The molecule has 0 saturated carbocycles. The first-order chi connectivity index (χ1) is 12.0. The summed E-state index contributed by atoms with van der Waals surface area (Å²) in [7, 11) is 0. The number of fused-ring (bicyclic) bond motifs is 1. The summed E-state index contributed by atoms with van der Waals surface area (Å²) in [4.78, 5) is 4.72. The van der Waals surface area contributed by atoms with Gasteiger partial charge in [0.15, 0.2) is 0 Å². The summed E-state index contributed by atoms with van der Waals surface area (Å²) in [5.74, 6) is 2.11. The van der Waals surface area contributed by atoms with Gasteiger partial charge in [0, 0.05) is 5.92 Å². The first kappa shape index (κ1) is 17.5. The largest absolute Gasteiger partial charge is 0.491 e. The Kier molecular flexibility index (Phi) is 5.09. The molecule has 25 heavy (non-hydrogen) atoms. The van der Waals surface area contributed by atoms with E-state index >= 15 is 0 Å². The molecule has 0 amide bonds. The van der Waals surface area contributed by atoms with E-state index in [1.165, 1.54) is 5.56 Å². The summed E-state index contributed by atoms with van der Waals surface area (Å²) in [6.07, 6.45) is -0.601. The zero-order chi connectivity index (χ0) is 18.0. The number of nitrogens with zero attached hydrogens (tertiary/aromatic N) is 2. The second-order valence-corrected chi connectivity index (χ2v) is 6.96. The van der Waals surface area contributed by atoms with Gasteiger partial charge in [0.2, 0.25) is 0 Å². The molecule has 3 aromatic rings. The van der Waals surface area contributed by atoms with E-state index in [1.807, 2.05) is 43.3 Å². The van der Waals surface area contributed by atoms with Crippen molar-refractivity contribution in [3.63, 3.8) is 0 Å². The van der Waals surface area contributed by atoms with E-state index in [9.17, 15) is 5.11 Å². The van der Waals surface area contributed by atoms with E-state index < -0.39 is 6.10 Å². The standard InChI is InChI=1S/C21H26N2O2/c1-14(2)21-22-18-7-5-6-8-19(18)23(21)12-17(24)13-25-20-10-9-15(3)11-16(20)4/h5-11,14,17,24H,12-13H2,1-4H3/t17-/m1/s1. The fourth-order valence-corrected chi connectivity index (χ4v) is 3.14. The second-order valence-electron chi connectivity index (χ2n) is 6.96. The second kappa shape index (κ2) is 7.28. The summed E-state index contributed by atoms with van der Waals surface area (Å²) < 4.78 is 7.94. The highest BCUT2D eigenvalue weighted by atomic mass is 16.5. The van der Waals surface area contributed by atoms with Crippen molar-refractivity contribution in [3.8, 4) is 5.75 Å². The van der Waals surface area contributed by atoms with Gasteiger partial charge in [-0.25, -0.2) is 4.98 Å². The number of rotatable bonds is 6. The minimum atomic E-state index is -0.601. The number of aliphatic hydroxyl groups excluding tert-OH is 1. The average molecular weight is 338 g/mol. The van der Waals surface area contributed by atoms with Crippen LogP contribution < -0.4 is 4.74 Å². The van der Waals surface area contributed by atoms with E-state index in [-0.39, 0.29) is 6.61 Å². The van der Waals surface area contributed by atoms with Crippen LogP contribution in [0, 0.1) is 13.8 Å². The van der Waals surface area contributed by atoms with Gasteiger partial charge < -0.3 is 14.4 Å². The number of aromatic nitrogens is 2. The van der Waals surface area contributed by atoms with Crippen LogP contribution >= 0.6 is 0 Å². The molecule has 0 unspecified atom stereocenters. The first-order valence-electron chi connectivity index (χ1n) is 8.79. The van der Waals surface area contributed by atoms with Crippen molar-refractivity contribution in [2.75, 3.05) is 6.61 Å². The Morgan fingerprint density at radius 1 is 1.12 bits per heavy atom. The van der Waals surface area contributed by atoms with Gasteiger partial charge in [-0.1, -0.05) is 43.7 Å².